The first kappa shape index (κ1) is 13.6. The van der Waals surface area contributed by atoms with Crippen molar-refractivity contribution in [3.8, 4) is 0 Å². The molecule has 102 valence electrons. The van der Waals surface area contributed by atoms with Crippen molar-refractivity contribution in [3.63, 3.8) is 0 Å². The maximum absolute atomic E-state index is 11.6. The third kappa shape index (κ3) is 2.76. The van der Waals surface area contributed by atoms with E-state index < -0.39 is 9.84 Å². The van der Waals surface area contributed by atoms with E-state index in [-0.39, 0.29) is 16.8 Å². The highest BCUT2D eigenvalue weighted by Crippen LogP contribution is 2.32. The van der Waals surface area contributed by atoms with E-state index in [4.69, 9.17) is 10.5 Å². The molecule has 0 spiro atoms. The van der Waals surface area contributed by atoms with Crippen molar-refractivity contribution >= 4 is 32.2 Å². The summed E-state index contributed by atoms with van der Waals surface area (Å²) in [5.41, 5.74) is 5.59. The molecule has 1 aromatic rings. The first-order valence-electron chi connectivity index (χ1n) is 5.70. The third-order valence-corrected chi connectivity index (χ3v) is 5.21. The number of nitrogens with one attached hydrogen (secondary N) is 1. The Bertz CT molecular complexity index is 526. The van der Waals surface area contributed by atoms with E-state index in [9.17, 15) is 8.42 Å². The maximum Gasteiger partial charge on any atom is 0.182 e. The molecule has 3 N–H and O–H groups in total. The highest BCUT2D eigenvalue weighted by Gasteiger charge is 2.26. The molecule has 0 saturated carbocycles. The summed E-state index contributed by atoms with van der Waals surface area (Å²) in [6.07, 6.45) is 2.32. The molecule has 1 fully saturated rings. The number of nitrogens with two attached hydrogens (primary N) is 1. The van der Waals surface area contributed by atoms with Gasteiger partial charge < -0.3 is 15.8 Å². The number of rotatable bonds is 4. The lowest BCUT2D eigenvalue weighted by Crippen LogP contribution is -2.21. The van der Waals surface area contributed by atoms with Gasteiger partial charge in [0.15, 0.2) is 15.7 Å². The van der Waals surface area contributed by atoms with Gasteiger partial charge in [0.2, 0.25) is 0 Å². The molecule has 2 rings (SSSR count). The summed E-state index contributed by atoms with van der Waals surface area (Å²) in [6, 6.07) is 0. The molecule has 8 heteroatoms. The van der Waals surface area contributed by atoms with Crippen LogP contribution in [0.1, 0.15) is 13.3 Å². The van der Waals surface area contributed by atoms with Gasteiger partial charge in [-0.3, -0.25) is 0 Å². The van der Waals surface area contributed by atoms with Gasteiger partial charge in [0.05, 0.1) is 6.10 Å². The van der Waals surface area contributed by atoms with Crippen LogP contribution >= 0.6 is 11.5 Å². The Morgan fingerprint density at radius 1 is 1.61 bits per heavy atom. The number of aromatic nitrogens is 1. The first-order chi connectivity index (χ1) is 8.39. The van der Waals surface area contributed by atoms with Gasteiger partial charge >= 0.3 is 0 Å². The lowest BCUT2D eigenvalue weighted by molar-refractivity contribution is 0.108. The monoisotopic (exact) mass is 291 g/mol. The number of anilines is 2. The number of nitrogen functional groups attached to an aromatic ring is 1. The van der Waals surface area contributed by atoms with Crippen LogP contribution in [-0.2, 0) is 14.6 Å². The highest BCUT2D eigenvalue weighted by atomic mass is 32.2. The van der Waals surface area contributed by atoms with Crippen molar-refractivity contribution in [3.05, 3.63) is 0 Å². The van der Waals surface area contributed by atoms with E-state index in [0.29, 0.717) is 17.5 Å². The SMILES string of the molecule is CC1OCCC1CNc1snc(N)c1S(C)(=O)=O. The van der Waals surface area contributed by atoms with Crippen molar-refractivity contribution < 1.29 is 13.2 Å². The predicted molar refractivity (Wildman–Crippen MR) is 71.6 cm³/mol. The first-order valence-corrected chi connectivity index (χ1v) is 8.36. The van der Waals surface area contributed by atoms with Crippen molar-refractivity contribution in [1.82, 2.24) is 4.37 Å². The molecule has 1 aliphatic rings. The Labute approximate surface area is 111 Å². The second-order valence-corrected chi connectivity index (χ2v) is 7.23. The van der Waals surface area contributed by atoms with Crippen LogP contribution in [-0.4, -0.2) is 38.3 Å². The van der Waals surface area contributed by atoms with Gasteiger partial charge in [0.25, 0.3) is 0 Å². The van der Waals surface area contributed by atoms with Gasteiger partial charge in [-0.2, -0.15) is 4.37 Å². The van der Waals surface area contributed by atoms with Crippen molar-refractivity contribution in [2.75, 3.05) is 30.5 Å². The molecular formula is C10H17N3O3S2. The minimum atomic E-state index is -3.35. The Balaban J connectivity index is 2.11. The number of ether oxygens (including phenoxy) is 1. The standard InChI is InChI=1S/C10H17N3O3S2/c1-6-7(3-4-16-6)5-12-10-8(18(2,14)15)9(11)13-17-10/h6-7,12H,3-5H2,1-2H3,(H2,11,13). The van der Waals surface area contributed by atoms with Gasteiger partial charge in [-0.15, -0.1) is 0 Å². The molecule has 1 aliphatic heterocycles. The fraction of sp³-hybridized carbons (Fsp3) is 0.700. The summed E-state index contributed by atoms with van der Waals surface area (Å²) in [6.45, 7) is 3.46. The van der Waals surface area contributed by atoms with Gasteiger partial charge in [0, 0.05) is 25.3 Å². The molecule has 0 aromatic carbocycles. The van der Waals surface area contributed by atoms with E-state index >= 15 is 0 Å². The molecule has 0 aliphatic carbocycles. The smallest absolute Gasteiger partial charge is 0.182 e. The normalized spacial score (nSPS) is 24.3. The van der Waals surface area contributed by atoms with E-state index in [0.717, 1.165) is 30.8 Å². The van der Waals surface area contributed by atoms with Crippen LogP contribution in [0.25, 0.3) is 0 Å². The summed E-state index contributed by atoms with van der Waals surface area (Å²) >= 11 is 1.08. The number of hydrogen-bond donors (Lipinski definition) is 2. The molecule has 1 aromatic heterocycles. The van der Waals surface area contributed by atoms with Crippen LogP contribution in [0.4, 0.5) is 10.8 Å². The van der Waals surface area contributed by atoms with Crippen LogP contribution in [0.3, 0.4) is 0 Å². The second kappa shape index (κ2) is 5.02. The zero-order valence-electron chi connectivity index (χ0n) is 10.3. The summed E-state index contributed by atoms with van der Waals surface area (Å²) in [5.74, 6) is 0.460. The summed E-state index contributed by atoms with van der Waals surface area (Å²) in [4.78, 5) is 0.110. The maximum atomic E-state index is 11.6. The molecule has 0 bridgehead atoms. The molecule has 0 amide bonds. The average Bonchev–Trinajstić information content (AvgIpc) is 2.81. The minimum absolute atomic E-state index is 0.0701. The molecule has 0 radical (unpaired) electrons. The largest absolute Gasteiger partial charge is 0.382 e. The molecule has 1 saturated heterocycles. The predicted octanol–water partition coefficient (Wildman–Crippen LogP) is 0.966. The number of nitrogens with zero attached hydrogens (tertiary/aromatic N) is 1. The van der Waals surface area contributed by atoms with E-state index in [1.54, 1.807) is 0 Å². The molecule has 2 heterocycles. The number of sulfone groups is 1. The Hall–Kier alpha value is -0.860. The average molecular weight is 291 g/mol. The minimum Gasteiger partial charge on any atom is -0.382 e. The fourth-order valence-electron chi connectivity index (χ4n) is 2.03. The molecule has 18 heavy (non-hydrogen) atoms. The lowest BCUT2D eigenvalue weighted by atomic mass is 10.0. The topological polar surface area (TPSA) is 94.3 Å². The Kier molecular flexibility index (Phi) is 3.79. The van der Waals surface area contributed by atoms with Crippen molar-refractivity contribution in [2.24, 2.45) is 5.92 Å². The fourth-order valence-corrected chi connectivity index (χ4v) is 4.11. The van der Waals surface area contributed by atoms with Gasteiger partial charge in [-0.25, -0.2) is 8.42 Å². The van der Waals surface area contributed by atoms with Crippen LogP contribution in [0.15, 0.2) is 4.90 Å². The van der Waals surface area contributed by atoms with Gasteiger partial charge in [-0.1, -0.05) is 0 Å². The quantitative estimate of drug-likeness (QED) is 0.858. The van der Waals surface area contributed by atoms with Gasteiger partial charge in [-0.05, 0) is 24.9 Å². The molecule has 2 atom stereocenters. The molecule has 2 unspecified atom stereocenters. The summed E-state index contributed by atoms with van der Waals surface area (Å²) in [7, 11) is -3.35. The Morgan fingerprint density at radius 2 is 2.33 bits per heavy atom. The summed E-state index contributed by atoms with van der Waals surface area (Å²) in [5, 5.41) is 3.65. The molecular weight excluding hydrogens is 274 g/mol. The van der Waals surface area contributed by atoms with Crippen molar-refractivity contribution in [1.29, 1.82) is 0 Å². The highest BCUT2D eigenvalue weighted by molar-refractivity contribution is 7.91. The number of hydrogen-bond acceptors (Lipinski definition) is 7. The van der Waals surface area contributed by atoms with E-state index in [2.05, 4.69) is 9.69 Å². The lowest BCUT2D eigenvalue weighted by Gasteiger charge is -2.15. The third-order valence-electron chi connectivity index (χ3n) is 3.10. The second-order valence-electron chi connectivity index (χ2n) is 4.50. The van der Waals surface area contributed by atoms with Crippen LogP contribution < -0.4 is 11.1 Å². The van der Waals surface area contributed by atoms with E-state index in [1.165, 1.54) is 0 Å². The summed E-state index contributed by atoms with van der Waals surface area (Å²) < 4.78 is 32.6. The zero-order chi connectivity index (χ0) is 13.3. The van der Waals surface area contributed by atoms with Gasteiger partial charge in [0.1, 0.15) is 9.90 Å². The van der Waals surface area contributed by atoms with Crippen LogP contribution in [0, 0.1) is 5.92 Å². The Morgan fingerprint density at radius 3 is 2.89 bits per heavy atom. The van der Waals surface area contributed by atoms with Crippen molar-refractivity contribution in [2.45, 2.75) is 24.3 Å². The molecule has 6 nitrogen and oxygen atoms in total. The zero-order valence-corrected chi connectivity index (χ0v) is 12.0. The van der Waals surface area contributed by atoms with E-state index in [1.807, 2.05) is 6.92 Å². The van der Waals surface area contributed by atoms with Crippen LogP contribution in [0.2, 0.25) is 0 Å². The van der Waals surface area contributed by atoms with Crippen LogP contribution in [0.5, 0.6) is 0 Å².